The first-order valence-corrected chi connectivity index (χ1v) is 37.7. The van der Waals surface area contributed by atoms with Crippen LogP contribution in [0.25, 0.3) is 33.2 Å². The van der Waals surface area contributed by atoms with Crippen LogP contribution >= 0.6 is 81.6 Å². The number of hydrogen-bond donors (Lipinski definition) is 2. The first-order chi connectivity index (χ1) is 46.7. The molecule has 0 radical (unpaired) electrons. The molecule has 23 heteroatoms. The second kappa shape index (κ2) is 41.7. The second-order valence-electron chi connectivity index (χ2n) is 19.3. The molecule has 14 aromatic rings. The SMILES string of the molecule is C.C.N#Cc1cnc2c(c1)c(-c1ccoc1)cn2OOSc1ccccc1.N#Cc1cnc2c(c1)c(I)cn2OOSc1ccccc1.OB(O)c1ccoc1.[Cl][Pd][Cl].c1ccc(P(c2ccccc2)c2ccccc2)cc1.c1ccc(P(c2ccccc2)c2ccccc2)cc1. The zero-order chi connectivity index (χ0) is 66.2. The molecule has 0 saturated carbocycles. The maximum Gasteiger partial charge on any atom is -0.0134 e. The van der Waals surface area contributed by atoms with Gasteiger partial charge >= 0.3 is 42.1 Å². The van der Waals surface area contributed by atoms with Gasteiger partial charge in [0.05, 0.1) is 72.7 Å². The van der Waals surface area contributed by atoms with E-state index in [0.717, 1.165) is 59.3 Å². The number of fused-ring (bicyclic) bond motifs is 2. The minimum absolute atomic E-state index is 0. The maximum absolute atomic E-state index is 9.12. The van der Waals surface area contributed by atoms with Gasteiger partial charge in [0.1, 0.15) is 12.1 Å². The van der Waals surface area contributed by atoms with Crippen molar-refractivity contribution in [1.82, 2.24) is 19.4 Å². The number of nitrogens with zero attached hydrogens (tertiary/aromatic N) is 6. The Morgan fingerprint density at radius 1 is 0.474 bits per heavy atom. The molecule has 0 aliphatic carbocycles. The molecular weight excluding hydrogens is 1540 g/mol. The van der Waals surface area contributed by atoms with E-state index in [-0.39, 0.29) is 30.8 Å². The molecule has 0 amide bonds. The van der Waals surface area contributed by atoms with Crippen LogP contribution in [0.4, 0.5) is 0 Å². The molecule has 0 fully saturated rings. The normalized spacial score (nSPS) is 10.2. The minimum Gasteiger partial charge on any atom is -0.0622 e. The van der Waals surface area contributed by atoms with Crippen molar-refractivity contribution in [2.45, 2.75) is 24.6 Å². The molecule has 14 nitrogen and oxygen atoms in total. The molecule has 0 spiro atoms. The number of aromatic nitrogens is 4. The number of furan rings is 2. The van der Waals surface area contributed by atoms with Crippen molar-refractivity contribution >= 4 is 148 Å². The third-order valence-electron chi connectivity index (χ3n) is 13.2. The predicted molar refractivity (Wildman–Crippen MR) is 403 cm³/mol. The van der Waals surface area contributed by atoms with Gasteiger partial charge in [-0.1, -0.05) is 242 Å². The Morgan fingerprint density at radius 3 is 1.12 bits per heavy atom. The molecule has 97 heavy (non-hydrogen) atoms. The molecule has 6 heterocycles. The molecule has 0 unspecified atom stereocenters. The van der Waals surface area contributed by atoms with Crippen LogP contribution in [0, 0.1) is 26.2 Å². The van der Waals surface area contributed by atoms with Gasteiger partial charge in [0, 0.05) is 53.1 Å². The zero-order valence-corrected chi connectivity index (χ0v) is 58.4. The summed E-state index contributed by atoms with van der Waals surface area (Å²) in [5.41, 5.74) is 4.20. The summed E-state index contributed by atoms with van der Waals surface area (Å²) in [6.45, 7) is 0. The van der Waals surface area contributed by atoms with E-state index in [0.29, 0.717) is 27.9 Å². The standard InChI is InChI=1S/C18H11N3O3S.2C18H15P.C14H8IN3O2S.C4H5BO3.2CH4.2ClH.Pd/c19-9-13-8-16-17(14-6-7-22-12-14)11-21(18(16)20-10-13)23-24-25-15-4-2-1-3-5-15;2*1-4-10-16(11-5-1)19(17-12-6-2-7-13-17)18-14-8-3-9-15-18;15-13-9-18(14-12(13)6-10(7-16)8-17-14)19-20-21-11-4-2-1-3-5-11;6-5(7)4-1-2-8-3-4;;;;;/h1-8,10-12H;2*1-15H;1-6,8-9H;1-3,6-7H;2*1H4;2*1H;/q;;;;;;;;;+2/p-2. The van der Waals surface area contributed by atoms with Crippen molar-refractivity contribution in [2.24, 2.45) is 0 Å². The van der Waals surface area contributed by atoms with E-state index >= 15 is 0 Å². The maximum atomic E-state index is 9.12. The minimum atomic E-state index is -1.41. The van der Waals surface area contributed by atoms with Crippen LogP contribution in [0.2, 0.25) is 0 Å². The number of pyridine rings is 2. The Labute approximate surface area is 605 Å². The molecule has 0 aliphatic heterocycles. The van der Waals surface area contributed by atoms with E-state index in [4.69, 9.17) is 62.7 Å². The topological polar surface area (TPSA) is 187 Å². The van der Waals surface area contributed by atoms with Gasteiger partial charge in [-0.15, -0.1) is 9.46 Å². The Bertz CT molecular complexity index is 4290. The van der Waals surface area contributed by atoms with Gasteiger partial charge in [0.15, 0.2) is 11.3 Å². The third-order valence-corrected chi connectivity index (χ3v) is 20.1. The summed E-state index contributed by atoms with van der Waals surface area (Å²) >= 11 is 4.27. The second-order valence-corrected chi connectivity index (χ2v) is 28.8. The van der Waals surface area contributed by atoms with Crippen LogP contribution in [0.1, 0.15) is 26.0 Å². The summed E-state index contributed by atoms with van der Waals surface area (Å²) in [5, 5.41) is 44.8. The number of hydrogen-bond acceptors (Lipinski definition) is 14. The fourth-order valence-corrected chi connectivity index (χ4v) is 15.1. The number of rotatable bonds is 16. The van der Waals surface area contributed by atoms with Gasteiger partial charge in [0.25, 0.3) is 0 Å². The van der Waals surface area contributed by atoms with Crippen molar-refractivity contribution in [3.05, 3.63) is 331 Å². The van der Waals surface area contributed by atoms with Crippen LogP contribution in [0.15, 0.2) is 335 Å². The van der Waals surface area contributed by atoms with E-state index in [1.54, 1.807) is 37.1 Å². The number of halogens is 3. The van der Waals surface area contributed by atoms with E-state index < -0.39 is 23.0 Å². The quantitative estimate of drug-likeness (QED) is 0.0232. The van der Waals surface area contributed by atoms with Crippen molar-refractivity contribution in [1.29, 1.82) is 10.5 Å². The first kappa shape index (κ1) is 76.1. The van der Waals surface area contributed by atoms with Crippen LogP contribution in [0.5, 0.6) is 0 Å². The fraction of sp³-hybridized carbons (Fsp3) is 0.0270. The van der Waals surface area contributed by atoms with Crippen molar-refractivity contribution in [2.75, 3.05) is 0 Å². The smallest absolute Gasteiger partial charge is 0.0134 e. The van der Waals surface area contributed by atoms with Gasteiger partial charge in [0.2, 0.25) is 0 Å². The molecule has 8 aromatic carbocycles. The summed E-state index contributed by atoms with van der Waals surface area (Å²) in [4.78, 5) is 21.0. The molecule has 2 N–H and O–H groups in total. The van der Waals surface area contributed by atoms with Gasteiger partial charge < -0.3 is 18.9 Å². The summed E-state index contributed by atoms with van der Waals surface area (Å²) in [5.74, 6) is 0. The average molecular weight is 1600 g/mol. The summed E-state index contributed by atoms with van der Waals surface area (Å²) in [7, 11) is 7.33. The average Bonchev–Trinajstić information content (AvgIpc) is 1.62. The Morgan fingerprint density at radius 2 is 0.804 bits per heavy atom. The van der Waals surface area contributed by atoms with E-state index in [1.165, 1.54) is 72.3 Å². The Balaban J connectivity index is 0.000000173. The van der Waals surface area contributed by atoms with E-state index in [1.807, 2.05) is 66.7 Å². The Kier molecular flexibility index (Phi) is 32.7. The molecule has 0 saturated heterocycles. The summed E-state index contributed by atoms with van der Waals surface area (Å²) in [6, 6.07) is 94.9. The van der Waals surface area contributed by atoms with Crippen LogP contribution in [0.3, 0.4) is 0 Å². The van der Waals surface area contributed by atoms with Crippen LogP contribution in [-0.2, 0) is 24.6 Å². The molecule has 0 aliphatic rings. The van der Waals surface area contributed by atoms with Gasteiger partial charge in [-0.2, -0.15) is 10.5 Å². The molecule has 0 atom stereocenters. The third kappa shape index (κ3) is 22.9. The monoisotopic (exact) mass is 1600 g/mol. The van der Waals surface area contributed by atoms with E-state index in [9.17, 15) is 0 Å². The number of nitriles is 2. The van der Waals surface area contributed by atoms with Crippen molar-refractivity contribution in [3.63, 3.8) is 0 Å². The first-order valence-electron chi connectivity index (χ1n) is 28.5. The Hall–Kier alpha value is -8.28. The van der Waals surface area contributed by atoms with Gasteiger partial charge in [-0.3, -0.25) is 0 Å². The number of benzene rings is 8. The largest absolute Gasteiger partial charge is 0.0622 e. The molecule has 14 rings (SSSR count). The molecule has 6 aromatic heterocycles. The van der Waals surface area contributed by atoms with Crippen molar-refractivity contribution < 1.29 is 53.5 Å². The van der Waals surface area contributed by atoms with Crippen molar-refractivity contribution in [3.8, 4) is 23.3 Å². The summed E-state index contributed by atoms with van der Waals surface area (Å²) < 4.78 is 23.9. The van der Waals surface area contributed by atoms with E-state index in [2.05, 4.69) is 231 Å². The summed E-state index contributed by atoms with van der Waals surface area (Å²) in [6.07, 6.45) is 12.4. The van der Waals surface area contributed by atoms with Crippen LogP contribution < -0.4 is 47.3 Å². The fourth-order valence-electron chi connectivity index (χ4n) is 8.91. The molecule has 492 valence electrons. The van der Waals surface area contributed by atoms with Gasteiger partial charge in [-0.05, 0) is 119 Å². The molecular formula is C74H62BCl2IN6O8P2PdS2. The van der Waals surface area contributed by atoms with Gasteiger partial charge in [-0.25, -0.2) is 19.9 Å². The predicted octanol–water partition coefficient (Wildman–Crippen LogP) is 16.3. The zero-order valence-electron chi connectivity index (χ0n) is 49.8. The molecule has 0 bridgehead atoms. The van der Waals surface area contributed by atoms with Crippen LogP contribution in [-0.4, -0.2) is 36.6 Å².